The maximum Gasteiger partial charge on any atom is 0.303 e. The van der Waals surface area contributed by atoms with E-state index in [9.17, 15) is 14.4 Å². The lowest BCUT2D eigenvalue weighted by molar-refractivity contribution is -0.139. The molecule has 2 aliphatic rings. The molecule has 1 aliphatic heterocycles. The van der Waals surface area contributed by atoms with Crippen molar-refractivity contribution in [2.75, 3.05) is 6.61 Å². The molecule has 1 atom stereocenters. The normalized spacial score (nSPS) is 17.3. The van der Waals surface area contributed by atoms with Crippen molar-refractivity contribution in [3.63, 3.8) is 0 Å². The Morgan fingerprint density at radius 3 is 2.74 bits per heavy atom. The summed E-state index contributed by atoms with van der Waals surface area (Å²) in [5.74, 6) is 0.0526. The first-order chi connectivity index (χ1) is 12.9. The highest BCUT2D eigenvalue weighted by molar-refractivity contribution is 9.10. The van der Waals surface area contributed by atoms with Gasteiger partial charge in [0.2, 0.25) is 0 Å². The molecule has 1 aliphatic carbocycles. The standard InChI is InChI=1S/C21H17BrO5/c1-11(23)26-10-19(24)13-2-4-15-14(6-13)9-27-20-8-16-12(7-17(15)20)3-5-18(22)21(16)25/h2,4,6-8,18H,3,5,9-10H2,1H3. The lowest BCUT2D eigenvalue weighted by Crippen LogP contribution is -2.23. The number of aryl methyl sites for hydroxylation is 1. The van der Waals surface area contributed by atoms with Crippen molar-refractivity contribution in [3.8, 4) is 16.9 Å². The predicted molar refractivity (Wildman–Crippen MR) is 103 cm³/mol. The Labute approximate surface area is 164 Å². The van der Waals surface area contributed by atoms with Gasteiger partial charge in [-0.2, -0.15) is 0 Å². The van der Waals surface area contributed by atoms with Crippen LogP contribution in [0.5, 0.6) is 5.75 Å². The second kappa shape index (κ2) is 6.93. The van der Waals surface area contributed by atoms with E-state index >= 15 is 0 Å². The lowest BCUT2D eigenvalue weighted by Gasteiger charge is -2.26. The van der Waals surface area contributed by atoms with Gasteiger partial charge in [-0.25, -0.2) is 0 Å². The number of fused-ring (bicyclic) bond motifs is 4. The Bertz CT molecular complexity index is 979. The van der Waals surface area contributed by atoms with Crippen molar-refractivity contribution in [2.45, 2.75) is 31.2 Å². The molecule has 1 unspecified atom stereocenters. The molecule has 0 radical (unpaired) electrons. The van der Waals surface area contributed by atoms with Crippen LogP contribution in [0, 0.1) is 0 Å². The summed E-state index contributed by atoms with van der Waals surface area (Å²) in [5.41, 5.74) is 5.07. The van der Waals surface area contributed by atoms with Crippen molar-refractivity contribution in [1.29, 1.82) is 0 Å². The van der Waals surface area contributed by atoms with E-state index < -0.39 is 5.97 Å². The molecule has 0 spiro atoms. The van der Waals surface area contributed by atoms with Crippen molar-refractivity contribution >= 4 is 33.5 Å². The molecule has 1 heterocycles. The Hall–Kier alpha value is -2.47. The monoisotopic (exact) mass is 428 g/mol. The van der Waals surface area contributed by atoms with E-state index in [2.05, 4.69) is 15.9 Å². The quantitative estimate of drug-likeness (QED) is 0.421. The Morgan fingerprint density at radius 1 is 1.15 bits per heavy atom. The van der Waals surface area contributed by atoms with E-state index in [0.29, 0.717) is 17.9 Å². The van der Waals surface area contributed by atoms with Gasteiger partial charge in [-0.05, 0) is 47.7 Å². The number of halogens is 1. The van der Waals surface area contributed by atoms with Gasteiger partial charge >= 0.3 is 5.97 Å². The minimum absolute atomic E-state index is 0.0971. The number of rotatable bonds is 3. The zero-order valence-electron chi connectivity index (χ0n) is 14.7. The summed E-state index contributed by atoms with van der Waals surface area (Å²) >= 11 is 3.43. The van der Waals surface area contributed by atoms with E-state index in [1.54, 1.807) is 12.1 Å². The van der Waals surface area contributed by atoms with Gasteiger partial charge in [-0.15, -0.1) is 0 Å². The molecule has 5 nitrogen and oxygen atoms in total. The number of ether oxygens (including phenoxy) is 2. The molecule has 2 aromatic rings. The number of esters is 1. The molecule has 0 saturated carbocycles. The van der Waals surface area contributed by atoms with Crippen LogP contribution in [0.3, 0.4) is 0 Å². The molecule has 138 valence electrons. The smallest absolute Gasteiger partial charge is 0.303 e. The predicted octanol–water partition coefficient (Wildman–Crippen LogP) is 3.88. The fourth-order valence-corrected chi connectivity index (χ4v) is 4.00. The molecule has 4 rings (SSSR count). The number of hydrogen-bond donors (Lipinski definition) is 0. The van der Waals surface area contributed by atoms with Crippen LogP contribution >= 0.6 is 15.9 Å². The third-order valence-corrected chi connectivity index (χ3v) is 5.80. The van der Waals surface area contributed by atoms with E-state index in [1.807, 2.05) is 18.2 Å². The van der Waals surface area contributed by atoms with Crippen molar-refractivity contribution < 1.29 is 23.9 Å². The summed E-state index contributed by atoms with van der Waals surface area (Å²) < 4.78 is 10.7. The maximum atomic E-state index is 12.4. The van der Waals surface area contributed by atoms with Gasteiger partial charge in [-0.3, -0.25) is 14.4 Å². The van der Waals surface area contributed by atoms with Crippen LogP contribution in [0.4, 0.5) is 0 Å². The molecule has 0 amide bonds. The lowest BCUT2D eigenvalue weighted by atomic mass is 9.85. The van der Waals surface area contributed by atoms with Crippen molar-refractivity contribution in [1.82, 2.24) is 0 Å². The minimum Gasteiger partial charge on any atom is -0.488 e. The second-order valence-corrected chi connectivity index (χ2v) is 7.85. The number of hydrogen-bond acceptors (Lipinski definition) is 5. The van der Waals surface area contributed by atoms with Gasteiger partial charge in [0.05, 0.1) is 4.83 Å². The number of benzene rings is 2. The van der Waals surface area contributed by atoms with Gasteiger partial charge in [0.15, 0.2) is 18.2 Å². The number of ketones is 2. The molecule has 0 N–H and O–H groups in total. The first kappa shape index (κ1) is 17.9. The fraction of sp³-hybridized carbons (Fsp3) is 0.286. The van der Waals surface area contributed by atoms with Crippen LogP contribution in [0.2, 0.25) is 0 Å². The third-order valence-electron chi connectivity index (χ3n) is 4.93. The molecule has 0 bridgehead atoms. The average Bonchev–Trinajstić information content (AvgIpc) is 2.67. The zero-order chi connectivity index (χ0) is 19.1. The first-order valence-electron chi connectivity index (χ1n) is 8.72. The summed E-state index contributed by atoms with van der Waals surface area (Å²) in [7, 11) is 0. The summed E-state index contributed by atoms with van der Waals surface area (Å²) in [6.07, 6.45) is 1.61. The molecule has 6 heteroatoms. The van der Waals surface area contributed by atoms with E-state index in [1.165, 1.54) is 6.92 Å². The van der Waals surface area contributed by atoms with E-state index in [0.717, 1.165) is 40.7 Å². The largest absolute Gasteiger partial charge is 0.488 e. The van der Waals surface area contributed by atoms with Gasteiger partial charge < -0.3 is 9.47 Å². The molecule has 0 aromatic heterocycles. The highest BCUT2D eigenvalue weighted by Gasteiger charge is 2.29. The van der Waals surface area contributed by atoms with Crippen molar-refractivity contribution in [3.05, 3.63) is 52.6 Å². The Morgan fingerprint density at radius 2 is 1.96 bits per heavy atom. The topological polar surface area (TPSA) is 69.7 Å². The average molecular weight is 429 g/mol. The third kappa shape index (κ3) is 3.30. The van der Waals surface area contributed by atoms with Crippen LogP contribution in [0.1, 0.15) is 45.2 Å². The number of alkyl halides is 1. The number of Topliss-reactive ketones (excluding diaryl/α,β-unsaturated/α-hetero) is 2. The highest BCUT2D eigenvalue weighted by Crippen LogP contribution is 2.41. The van der Waals surface area contributed by atoms with Gasteiger partial charge in [-0.1, -0.05) is 28.1 Å². The van der Waals surface area contributed by atoms with Crippen LogP contribution in [0.25, 0.3) is 11.1 Å². The minimum atomic E-state index is -0.483. The van der Waals surface area contributed by atoms with E-state index in [4.69, 9.17) is 9.47 Å². The zero-order valence-corrected chi connectivity index (χ0v) is 16.3. The second-order valence-electron chi connectivity index (χ2n) is 6.74. The van der Waals surface area contributed by atoms with Gasteiger partial charge in [0.25, 0.3) is 0 Å². The summed E-state index contributed by atoms with van der Waals surface area (Å²) in [6.45, 7) is 1.32. The van der Waals surface area contributed by atoms with Crippen molar-refractivity contribution in [2.24, 2.45) is 0 Å². The molecule has 27 heavy (non-hydrogen) atoms. The number of carbonyl (C=O) groups excluding carboxylic acids is 3. The fourth-order valence-electron chi connectivity index (χ4n) is 3.53. The maximum absolute atomic E-state index is 12.4. The molecule has 0 saturated heterocycles. The first-order valence-corrected chi connectivity index (χ1v) is 9.63. The van der Waals surface area contributed by atoms with Crippen LogP contribution < -0.4 is 4.74 Å². The summed E-state index contributed by atoms with van der Waals surface area (Å²) in [5, 5.41) is 0. The van der Waals surface area contributed by atoms with Crippen LogP contribution in [-0.2, 0) is 22.6 Å². The van der Waals surface area contributed by atoms with E-state index in [-0.39, 0.29) is 23.0 Å². The highest BCUT2D eigenvalue weighted by atomic mass is 79.9. The van der Waals surface area contributed by atoms with Crippen LogP contribution in [-0.4, -0.2) is 29.0 Å². The summed E-state index contributed by atoms with van der Waals surface area (Å²) in [6, 6.07) is 9.27. The molecule has 2 aromatic carbocycles. The molecular weight excluding hydrogens is 412 g/mol. The summed E-state index contributed by atoms with van der Waals surface area (Å²) in [4.78, 5) is 35.3. The van der Waals surface area contributed by atoms with Gasteiger partial charge in [0, 0.05) is 23.6 Å². The molecule has 0 fully saturated rings. The number of carbonyl (C=O) groups is 3. The van der Waals surface area contributed by atoms with Gasteiger partial charge in [0.1, 0.15) is 12.4 Å². The van der Waals surface area contributed by atoms with Crippen LogP contribution in [0.15, 0.2) is 30.3 Å². The Balaban J connectivity index is 1.69. The molecular formula is C21H17BrO5. The SMILES string of the molecule is CC(=O)OCC(=O)c1ccc2c(c1)COc1cc3c(cc1-2)CCC(Br)C3=O. The Kier molecular flexibility index (Phi) is 4.60.